The minimum Gasteiger partial charge on any atom is -0.393 e. The first-order valence-corrected chi connectivity index (χ1v) is 11.8. The second-order valence-corrected chi connectivity index (χ2v) is 11.8. The van der Waals surface area contributed by atoms with Crippen LogP contribution in [0.25, 0.3) is 0 Å². The van der Waals surface area contributed by atoms with Gasteiger partial charge in [-0.05, 0) is 104 Å². The third-order valence-electron chi connectivity index (χ3n) is 9.66. The quantitative estimate of drug-likeness (QED) is 0.499. The zero-order valence-electron chi connectivity index (χ0n) is 19.4. The van der Waals surface area contributed by atoms with Gasteiger partial charge in [-0.15, -0.1) is 0 Å². The van der Waals surface area contributed by atoms with Gasteiger partial charge >= 0.3 is 0 Å². The number of aliphatic hydroxyl groups excluding tert-OH is 1. The molecule has 0 heterocycles. The highest BCUT2D eigenvalue weighted by atomic mass is 16.3. The average Bonchev–Trinajstić information content (AvgIpc) is 2.95. The topological polar surface area (TPSA) is 20.2 Å². The van der Waals surface area contributed by atoms with Gasteiger partial charge in [0.15, 0.2) is 0 Å². The molecule has 4 aliphatic carbocycles. The number of rotatable bonds is 2. The van der Waals surface area contributed by atoms with Crippen LogP contribution in [0, 0.1) is 34.0 Å². The minimum atomic E-state index is -0.137. The summed E-state index contributed by atoms with van der Waals surface area (Å²) < 4.78 is 0. The summed E-state index contributed by atoms with van der Waals surface area (Å²) in [7, 11) is 0. The first kappa shape index (κ1) is 20.5. The van der Waals surface area contributed by atoms with E-state index in [4.69, 9.17) is 0 Å². The molecule has 1 fully saturated rings. The highest BCUT2D eigenvalue weighted by Crippen LogP contribution is 2.66. The van der Waals surface area contributed by atoms with Crippen molar-refractivity contribution in [2.24, 2.45) is 34.0 Å². The molecule has 0 aliphatic heterocycles. The van der Waals surface area contributed by atoms with Crippen molar-refractivity contribution in [2.75, 3.05) is 0 Å². The molecule has 0 aromatic carbocycles. The van der Waals surface area contributed by atoms with Gasteiger partial charge in [0.1, 0.15) is 0 Å². The summed E-state index contributed by atoms with van der Waals surface area (Å²) in [5, 5.41) is 10.7. The smallest absolute Gasteiger partial charge is 0.0594 e. The first-order chi connectivity index (χ1) is 13.0. The largest absolute Gasteiger partial charge is 0.393 e. The Morgan fingerprint density at radius 1 is 1.07 bits per heavy atom. The summed E-state index contributed by atoms with van der Waals surface area (Å²) in [6.07, 6.45) is 13.4. The molecule has 1 saturated carbocycles. The van der Waals surface area contributed by atoms with Gasteiger partial charge in [-0.1, -0.05) is 57.9 Å². The molecule has 0 aromatic rings. The summed E-state index contributed by atoms with van der Waals surface area (Å²) in [5.74, 6) is 2.03. The van der Waals surface area contributed by atoms with Gasteiger partial charge in [-0.2, -0.15) is 0 Å². The molecule has 0 saturated heterocycles. The van der Waals surface area contributed by atoms with E-state index in [1.165, 1.54) is 44.1 Å². The third kappa shape index (κ3) is 2.75. The fourth-order valence-electron chi connectivity index (χ4n) is 8.15. The SMILES string of the molecule is CC(C)=C[C@@H](C)[C@H]1CC=C2C3=C(CC[C@@]21C)[C@@]1(C)CC[C@H](O)C(C)(C)C1CC3. The molecule has 156 valence electrons. The van der Waals surface area contributed by atoms with E-state index in [1.54, 1.807) is 16.7 Å². The Morgan fingerprint density at radius 2 is 1.79 bits per heavy atom. The Kier molecular flexibility index (Phi) is 4.82. The van der Waals surface area contributed by atoms with E-state index < -0.39 is 0 Å². The van der Waals surface area contributed by atoms with E-state index in [0.717, 1.165) is 12.3 Å². The van der Waals surface area contributed by atoms with E-state index in [9.17, 15) is 5.11 Å². The van der Waals surface area contributed by atoms with Crippen molar-refractivity contribution in [1.82, 2.24) is 0 Å². The first-order valence-electron chi connectivity index (χ1n) is 11.8. The molecular weight excluding hydrogens is 340 g/mol. The molecule has 1 unspecified atom stereocenters. The summed E-state index contributed by atoms with van der Waals surface area (Å²) in [6.45, 7) is 16.7. The van der Waals surface area contributed by atoms with Crippen LogP contribution in [0.4, 0.5) is 0 Å². The zero-order valence-corrected chi connectivity index (χ0v) is 19.4. The van der Waals surface area contributed by atoms with Crippen molar-refractivity contribution in [1.29, 1.82) is 0 Å². The van der Waals surface area contributed by atoms with Crippen LogP contribution in [0.15, 0.2) is 34.4 Å². The van der Waals surface area contributed by atoms with Gasteiger partial charge in [-0.25, -0.2) is 0 Å². The molecule has 0 amide bonds. The van der Waals surface area contributed by atoms with Crippen LogP contribution < -0.4 is 0 Å². The second kappa shape index (κ2) is 6.59. The molecule has 28 heavy (non-hydrogen) atoms. The number of hydrogen-bond acceptors (Lipinski definition) is 1. The molecule has 6 atom stereocenters. The zero-order chi connectivity index (χ0) is 20.5. The molecule has 0 bridgehead atoms. The standard InChI is InChI=1S/C27H42O/c1-17(2)16-18(3)20-9-10-21-19-8-11-23-25(4,5)24(28)13-15-27(23,7)22(19)12-14-26(20,21)6/h10,16,18,20,23-24,28H,8-9,11-15H2,1-7H3/t18-,20-,23?,24+,26-,27-/m1/s1. The van der Waals surface area contributed by atoms with Crippen molar-refractivity contribution >= 4 is 0 Å². The van der Waals surface area contributed by atoms with Crippen LogP contribution in [0.1, 0.15) is 93.4 Å². The predicted octanol–water partition coefficient (Wildman–Crippen LogP) is 7.23. The molecule has 0 aromatic heterocycles. The lowest BCUT2D eigenvalue weighted by Gasteiger charge is -2.59. The second-order valence-electron chi connectivity index (χ2n) is 11.8. The maximum absolute atomic E-state index is 10.7. The summed E-state index contributed by atoms with van der Waals surface area (Å²) >= 11 is 0. The van der Waals surface area contributed by atoms with Crippen LogP contribution >= 0.6 is 0 Å². The lowest BCUT2D eigenvalue weighted by atomic mass is 9.46. The Hall–Kier alpha value is -0.820. The van der Waals surface area contributed by atoms with Crippen LogP contribution in [-0.4, -0.2) is 11.2 Å². The van der Waals surface area contributed by atoms with E-state index in [2.05, 4.69) is 60.6 Å². The molecule has 0 radical (unpaired) electrons. The Balaban J connectivity index is 1.71. The Morgan fingerprint density at radius 3 is 2.46 bits per heavy atom. The third-order valence-corrected chi connectivity index (χ3v) is 9.66. The minimum absolute atomic E-state index is 0.0385. The monoisotopic (exact) mass is 382 g/mol. The molecule has 1 heteroatoms. The van der Waals surface area contributed by atoms with Crippen LogP contribution in [0.2, 0.25) is 0 Å². The number of hydrogen-bond donors (Lipinski definition) is 1. The maximum Gasteiger partial charge on any atom is 0.0594 e. The summed E-state index contributed by atoms with van der Waals surface area (Å²) in [4.78, 5) is 0. The summed E-state index contributed by atoms with van der Waals surface area (Å²) in [6, 6.07) is 0. The average molecular weight is 383 g/mol. The predicted molar refractivity (Wildman–Crippen MR) is 119 cm³/mol. The van der Waals surface area contributed by atoms with Crippen molar-refractivity contribution in [3.63, 3.8) is 0 Å². The van der Waals surface area contributed by atoms with Gasteiger partial charge in [0.25, 0.3) is 0 Å². The van der Waals surface area contributed by atoms with Crippen LogP contribution in [0.3, 0.4) is 0 Å². The van der Waals surface area contributed by atoms with Crippen molar-refractivity contribution in [3.8, 4) is 0 Å². The lowest BCUT2D eigenvalue weighted by molar-refractivity contribution is -0.0904. The Bertz CT molecular complexity index is 746. The molecule has 4 aliphatic rings. The lowest BCUT2D eigenvalue weighted by Crippen LogP contribution is -2.53. The van der Waals surface area contributed by atoms with E-state index >= 15 is 0 Å². The van der Waals surface area contributed by atoms with Crippen molar-refractivity contribution in [2.45, 2.75) is 99.5 Å². The fraction of sp³-hybridized carbons (Fsp3) is 0.778. The van der Waals surface area contributed by atoms with Gasteiger partial charge < -0.3 is 5.11 Å². The van der Waals surface area contributed by atoms with Gasteiger partial charge in [0, 0.05) is 0 Å². The molecule has 1 nitrogen and oxygen atoms in total. The van der Waals surface area contributed by atoms with Crippen molar-refractivity contribution < 1.29 is 5.11 Å². The van der Waals surface area contributed by atoms with Gasteiger partial charge in [0.2, 0.25) is 0 Å². The van der Waals surface area contributed by atoms with Crippen molar-refractivity contribution in [3.05, 3.63) is 34.4 Å². The maximum atomic E-state index is 10.7. The van der Waals surface area contributed by atoms with Gasteiger partial charge in [0.05, 0.1) is 6.10 Å². The number of allylic oxidation sites excluding steroid dienone is 6. The fourth-order valence-corrected chi connectivity index (χ4v) is 8.15. The van der Waals surface area contributed by atoms with E-state index in [0.29, 0.717) is 22.7 Å². The van der Waals surface area contributed by atoms with Crippen LogP contribution in [0.5, 0.6) is 0 Å². The van der Waals surface area contributed by atoms with E-state index in [-0.39, 0.29) is 11.5 Å². The molecule has 0 spiro atoms. The molecular formula is C27H42O. The molecule has 4 rings (SSSR count). The molecule has 1 N–H and O–H groups in total. The normalized spacial score (nSPS) is 42.9. The highest BCUT2D eigenvalue weighted by molar-refractivity contribution is 5.50. The van der Waals surface area contributed by atoms with Crippen LogP contribution in [-0.2, 0) is 0 Å². The summed E-state index contributed by atoms with van der Waals surface area (Å²) in [5.41, 5.74) is 7.39. The highest BCUT2D eigenvalue weighted by Gasteiger charge is 2.57. The van der Waals surface area contributed by atoms with Gasteiger partial charge in [-0.3, -0.25) is 0 Å². The number of aliphatic hydroxyl groups is 1. The van der Waals surface area contributed by atoms with E-state index in [1.807, 2.05) is 0 Å². The number of fused-ring (bicyclic) bond motifs is 4. The Labute approximate surface area is 173 Å².